The van der Waals surface area contributed by atoms with Crippen molar-refractivity contribution in [1.82, 2.24) is 68.0 Å². The van der Waals surface area contributed by atoms with Gasteiger partial charge in [-0.2, -0.15) is 12.6 Å². The molecule has 5 rings (SSSR count). The molecule has 34 heteroatoms. The summed E-state index contributed by atoms with van der Waals surface area (Å²) < 4.78 is 0. The van der Waals surface area contributed by atoms with E-state index in [9.17, 15) is 48.3 Å². The third-order valence-electron chi connectivity index (χ3n) is 18.7. The smallest absolute Gasteiger partial charge is 0.326 e. The maximum Gasteiger partial charge on any atom is 0.326 e. The number of imidazole rings is 1. The van der Waals surface area contributed by atoms with Crippen LogP contribution in [0.4, 0.5) is 0 Å². The first kappa shape index (κ1) is 91.0. The lowest BCUT2D eigenvalue weighted by molar-refractivity contribution is -0.149. The molecule has 608 valence electrons. The Balaban J connectivity index is 1.45. The summed E-state index contributed by atoms with van der Waals surface area (Å²) in [5.41, 5.74) is 31.1. The molecule has 3 aromatic carbocycles. The van der Waals surface area contributed by atoms with Gasteiger partial charge >= 0.3 is 5.97 Å². The number of aromatic amines is 1. The molecule has 0 aliphatic carbocycles. The molecule has 1 fully saturated rings. The Bertz CT molecular complexity index is 3740. The van der Waals surface area contributed by atoms with Gasteiger partial charge in [0, 0.05) is 63.0 Å². The average Bonchev–Trinajstić information content (AvgIpc) is 1.44. The molecule has 0 saturated carbocycles. The molecule has 2 heterocycles. The SMILES string of the molecule is CC[C@H](C)[C@H](NC(=O)[C@H](Cc1ccccc1)NC(=O)[C@@H](N)CC(C)C)C(=O)N[C@@H](CC(C)C)C(=O)N[C@@H](Cc1ccccc1)C(=O)N[C@@H](Cc1ccccc1)C(=O)N[C@@H](CC(C)C)C(=O)N[C@@H](CCCN=C(N)N)C(=O)N[C@@H](Cc1cnc[nH]1)C(=O)N[C@@H](CCCN=C(N)N)C(=O)N[C@@H](CS)C(=O)N1CCC[C@H]1C(=O)O. The molecule has 33 nitrogen and oxygen atoms in total. The van der Waals surface area contributed by atoms with Gasteiger partial charge in [0.05, 0.1) is 12.4 Å². The van der Waals surface area contributed by atoms with Crippen molar-refractivity contribution in [2.75, 3.05) is 25.4 Å². The number of guanidine groups is 2. The Morgan fingerprint density at radius 1 is 0.495 bits per heavy atom. The molecular weight excluding hydrogens is 1450 g/mol. The highest BCUT2D eigenvalue weighted by atomic mass is 32.1. The van der Waals surface area contributed by atoms with Crippen LogP contribution in [0.3, 0.4) is 0 Å². The maximum atomic E-state index is 15.2. The summed E-state index contributed by atoms with van der Waals surface area (Å²) in [6.07, 6.45) is 3.72. The fraction of sp³-hybridized carbons (Fsp3) is 0.545. The number of aromatic nitrogens is 2. The molecule has 1 saturated heterocycles. The van der Waals surface area contributed by atoms with Crippen LogP contribution in [-0.2, 0) is 83.2 Å². The minimum atomic E-state index is -1.51. The number of likely N-dealkylation sites (tertiary alicyclic amines) is 1. The molecule has 1 aromatic heterocycles. The van der Waals surface area contributed by atoms with Gasteiger partial charge in [-0.25, -0.2) is 9.78 Å². The molecule has 13 atom stereocenters. The number of nitrogens with two attached hydrogens (primary N) is 5. The second-order valence-electron chi connectivity index (χ2n) is 29.4. The Morgan fingerprint density at radius 2 is 0.856 bits per heavy atom. The average molecular weight is 1560 g/mol. The summed E-state index contributed by atoms with van der Waals surface area (Å²) in [5.74, 6) is -11.4. The number of thiol groups is 1. The van der Waals surface area contributed by atoms with Crippen molar-refractivity contribution in [3.8, 4) is 0 Å². The molecular formula is C77H116N20O13S. The first-order chi connectivity index (χ1) is 52.8. The molecule has 11 amide bonds. The largest absolute Gasteiger partial charge is 0.480 e. The van der Waals surface area contributed by atoms with Crippen LogP contribution in [0, 0.1) is 23.7 Å². The van der Waals surface area contributed by atoms with Gasteiger partial charge in [0.25, 0.3) is 0 Å². The van der Waals surface area contributed by atoms with E-state index in [1.165, 1.54) is 12.5 Å². The molecule has 0 radical (unpaired) electrons. The number of amides is 11. The van der Waals surface area contributed by atoms with Gasteiger partial charge < -0.3 is 96.8 Å². The van der Waals surface area contributed by atoms with Crippen molar-refractivity contribution in [2.45, 2.75) is 218 Å². The fourth-order valence-corrected chi connectivity index (χ4v) is 12.9. The second kappa shape index (κ2) is 46.8. The van der Waals surface area contributed by atoms with Crippen LogP contribution >= 0.6 is 12.6 Å². The van der Waals surface area contributed by atoms with E-state index >= 15 is 14.4 Å². The maximum absolute atomic E-state index is 15.2. The Kier molecular flexibility index (Phi) is 38.3. The fourth-order valence-electron chi connectivity index (χ4n) is 12.6. The van der Waals surface area contributed by atoms with E-state index in [0.29, 0.717) is 36.1 Å². The highest BCUT2D eigenvalue weighted by molar-refractivity contribution is 7.80. The van der Waals surface area contributed by atoms with E-state index in [-0.39, 0.29) is 126 Å². The predicted molar refractivity (Wildman–Crippen MR) is 424 cm³/mol. The van der Waals surface area contributed by atoms with Gasteiger partial charge in [-0.05, 0) is 98.1 Å². The highest BCUT2D eigenvalue weighted by Crippen LogP contribution is 2.21. The quantitative estimate of drug-likeness (QED) is 0.0121. The normalized spacial score (nSPS) is 15.9. The number of H-pyrrole nitrogens is 1. The second-order valence-corrected chi connectivity index (χ2v) is 29.7. The van der Waals surface area contributed by atoms with Crippen LogP contribution < -0.4 is 81.8 Å². The molecule has 1 aliphatic rings. The number of carbonyl (C=O) groups is 12. The molecule has 111 heavy (non-hydrogen) atoms. The highest BCUT2D eigenvalue weighted by Gasteiger charge is 2.41. The minimum absolute atomic E-state index is 0.0139. The van der Waals surface area contributed by atoms with E-state index < -0.39 is 149 Å². The number of nitrogens with one attached hydrogen (secondary N) is 11. The van der Waals surface area contributed by atoms with Crippen LogP contribution in [0.25, 0.3) is 0 Å². The number of aliphatic carboxylic acids is 1. The molecule has 1 aliphatic heterocycles. The van der Waals surface area contributed by atoms with Crippen molar-refractivity contribution in [3.05, 3.63) is 126 Å². The lowest BCUT2D eigenvalue weighted by Crippen LogP contribution is -2.62. The zero-order chi connectivity index (χ0) is 81.9. The summed E-state index contributed by atoms with van der Waals surface area (Å²) >= 11 is 4.30. The Morgan fingerprint density at radius 3 is 1.23 bits per heavy atom. The summed E-state index contributed by atoms with van der Waals surface area (Å²) in [7, 11) is 0. The third-order valence-corrected chi connectivity index (χ3v) is 19.0. The van der Waals surface area contributed by atoms with Gasteiger partial charge in [-0.15, -0.1) is 0 Å². The van der Waals surface area contributed by atoms with E-state index in [2.05, 4.69) is 85.7 Å². The number of rotatable bonds is 47. The topological polar surface area (TPSA) is 532 Å². The van der Waals surface area contributed by atoms with Gasteiger partial charge in [-0.3, -0.25) is 62.7 Å². The molecule has 0 unspecified atom stereocenters. The predicted octanol–water partition coefficient (Wildman–Crippen LogP) is 0.153. The number of carboxylic acid groups (broad SMARTS) is 1. The number of hydrogen-bond acceptors (Lipinski definition) is 17. The van der Waals surface area contributed by atoms with Gasteiger partial charge in [-0.1, -0.05) is 153 Å². The summed E-state index contributed by atoms with van der Waals surface area (Å²) in [4.78, 5) is 189. The molecule has 22 N–H and O–H groups in total. The number of aliphatic imine (C=N–C) groups is 2. The van der Waals surface area contributed by atoms with Crippen molar-refractivity contribution in [1.29, 1.82) is 0 Å². The van der Waals surface area contributed by atoms with E-state index in [4.69, 9.17) is 28.7 Å². The number of nitrogens with zero attached hydrogens (tertiary/aromatic N) is 4. The van der Waals surface area contributed by atoms with Crippen molar-refractivity contribution in [3.63, 3.8) is 0 Å². The first-order valence-corrected chi connectivity index (χ1v) is 38.5. The molecule has 0 spiro atoms. The summed E-state index contributed by atoms with van der Waals surface area (Å²) in [6.45, 7) is 14.9. The zero-order valence-electron chi connectivity index (χ0n) is 64.7. The van der Waals surface area contributed by atoms with Crippen LogP contribution in [0.2, 0.25) is 0 Å². The van der Waals surface area contributed by atoms with Crippen LogP contribution in [0.1, 0.15) is 142 Å². The van der Waals surface area contributed by atoms with Crippen molar-refractivity contribution >= 4 is 95.5 Å². The lowest BCUT2D eigenvalue weighted by Gasteiger charge is -2.30. The zero-order valence-corrected chi connectivity index (χ0v) is 65.6. The number of carboxylic acids is 1. The van der Waals surface area contributed by atoms with Crippen molar-refractivity contribution in [2.24, 2.45) is 62.3 Å². The van der Waals surface area contributed by atoms with Crippen LogP contribution in [0.5, 0.6) is 0 Å². The standard InChI is InChI=1S/C77H116N20O13S/c1-9-47(8)63(96-72(106)59(39-50-26-17-12-18-27-50)89-64(98)52(78)34-44(2)3)73(107)94-56(36-46(6)7)68(102)91-58(38-49-24-15-11-16-25-49)70(104)92-57(37-48-22-13-10-14-23-48)69(103)90-55(35-45(4)5)67(101)87-53(28-19-31-84-76(79)80)65(99)93-60(40-51-41-83-43-86-51)71(105)88-54(29-20-32-85-77(81)82)66(100)95-61(42-111)74(108)97-33-21-30-62(97)75(109)110/h10-18,22-27,41,43-47,52-63,111H,9,19-21,28-40,42,78H2,1-8H3,(H,83,86)(H,87,101)(H,88,105)(H,89,98)(H,90,103)(H,91,102)(H,92,104)(H,93,99)(H,94,107)(H,95,100)(H,96,106)(H,109,110)(H4,79,80,84)(H4,81,82,85)/t47-,52-,53-,54-,55-,56-,57-,58-,59-,60-,61-,62-,63-/m0/s1. The number of carbonyl (C=O) groups excluding carboxylic acids is 11. The number of hydrogen-bond donors (Lipinski definition) is 18. The Labute approximate surface area is 654 Å². The van der Waals surface area contributed by atoms with Gasteiger partial charge in [0.15, 0.2) is 11.9 Å². The molecule has 0 bridgehead atoms. The minimum Gasteiger partial charge on any atom is -0.480 e. The molecule has 4 aromatic rings. The summed E-state index contributed by atoms with van der Waals surface area (Å²) in [6, 6.07) is 10.9. The monoisotopic (exact) mass is 1560 g/mol. The first-order valence-electron chi connectivity index (χ1n) is 37.9. The number of benzene rings is 3. The van der Waals surface area contributed by atoms with E-state index in [0.717, 1.165) is 10.5 Å². The van der Waals surface area contributed by atoms with E-state index in [1.807, 2.05) is 52.8 Å². The van der Waals surface area contributed by atoms with Crippen LogP contribution in [0.15, 0.2) is 114 Å². The summed E-state index contributed by atoms with van der Waals surface area (Å²) in [5, 5.41) is 37.7. The van der Waals surface area contributed by atoms with Crippen molar-refractivity contribution < 1.29 is 62.6 Å². The third kappa shape index (κ3) is 31.7. The van der Waals surface area contributed by atoms with Gasteiger partial charge in [0.2, 0.25) is 65.0 Å². The van der Waals surface area contributed by atoms with E-state index in [1.54, 1.807) is 93.6 Å². The Hall–Kier alpha value is -10.6. The lowest BCUT2D eigenvalue weighted by atomic mass is 9.95. The van der Waals surface area contributed by atoms with Crippen LogP contribution in [-0.4, -0.2) is 201 Å². The van der Waals surface area contributed by atoms with Gasteiger partial charge in [0.1, 0.15) is 66.5 Å².